The average molecular weight is 186 g/mol. The Hall–Kier alpha value is -0.950. The monoisotopic (exact) mass is 186 g/mol. The summed E-state index contributed by atoms with van der Waals surface area (Å²) in [6, 6.07) is 3.47. The summed E-state index contributed by atoms with van der Waals surface area (Å²) in [6.07, 6.45) is 0. The first-order valence-corrected chi connectivity index (χ1v) is 3.98. The maximum absolute atomic E-state index is 9.51. The number of rotatable bonds is 2. The fraction of sp³-hybridized carbons (Fsp3) is 0.250. The van der Waals surface area contributed by atoms with E-state index in [2.05, 4.69) is 9.24 Å². The van der Waals surface area contributed by atoms with E-state index in [0.29, 0.717) is 11.5 Å². The second kappa shape index (κ2) is 3.63. The molecule has 1 atom stereocenters. The molecule has 0 saturated carbocycles. The van der Waals surface area contributed by atoms with E-state index >= 15 is 0 Å². The summed E-state index contributed by atoms with van der Waals surface area (Å²) >= 11 is 0. The van der Waals surface area contributed by atoms with Crippen LogP contribution < -0.4 is 14.8 Å². The Morgan fingerprint density at radius 3 is 2.42 bits per heavy atom. The fourth-order valence-electron chi connectivity index (χ4n) is 0.948. The molecule has 0 aliphatic rings. The van der Waals surface area contributed by atoms with Crippen molar-refractivity contribution in [1.82, 2.24) is 0 Å². The second-order valence-electron chi connectivity index (χ2n) is 2.24. The van der Waals surface area contributed by atoms with Crippen LogP contribution in [0, 0.1) is 0 Å². The zero-order chi connectivity index (χ0) is 9.14. The quantitative estimate of drug-likeness (QED) is 0.697. The minimum Gasteiger partial charge on any atom is -0.502 e. The van der Waals surface area contributed by atoms with Gasteiger partial charge >= 0.3 is 0 Å². The molecule has 0 aliphatic carbocycles. The van der Waals surface area contributed by atoms with Crippen molar-refractivity contribution >= 4 is 14.5 Å². The van der Waals surface area contributed by atoms with Gasteiger partial charge in [-0.05, 0) is 12.1 Å². The van der Waals surface area contributed by atoms with Gasteiger partial charge in [-0.15, -0.1) is 9.24 Å². The maximum atomic E-state index is 9.51. The van der Waals surface area contributed by atoms with E-state index in [1.165, 1.54) is 14.2 Å². The molecule has 0 saturated heterocycles. The first-order chi connectivity index (χ1) is 5.70. The lowest BCUT2D eigenvalue weighted by Gasteiger charge is -2.09. The first kappa shape index (κ1) is 9.14. The largest absolute Gasteiger partial charge is 0.502 e. The molecule has 0 bridgehead atoms. The van der Waals surface area contributed by atoms with Gasteiger partial charge in [-0.1, -0.05) is 0 Å². The highest BCUT2D eigenvalue weighted by atomic mass is 31.0. The third kappa shape index (κ3) is 1.46. The van der Waals surface area contributed by atoms with Gasteiger partial charge in [-0.25, -0.2) is 0 Å². The predicted molar refractivity (Wildman–Crippen MR) is 50.6 cm³/mol. The van der Waals surface area contributed by atoms with E-state index < -0.39 is 0 Å². The van der Waals surface area contributed by atoms with Gasteiger partial charge in [0.2, 0.25) is 5.75 Å². The molecule has 66 valence electrons. The molecule has 12 heavy (non-hydrogen) atoms. The average Bonchev–Trinajstić information content (AvgIpc) is 2.06. The van der Waals surface area contributed by atoms with Crippen LogP contribution in [0.5, 0.6) is 17.2 Å². The molecule has 0 fully saturated rings. The molecule has 3 nitrogen and oxygen atoms in total. The van der Waals surface area contributed by atoms with Crippen LogP contribution >= 0.6 is 9.24 Å². The van der Waals surface area contributed by atoms with Gasteiger partial charge < -0.3 is 14.6 Å². The van der Waals surface area contributed by atoms with E-state index in [9.17, 15) is 5.11 Å². The van der Waals surface area contributed by atoms with E-state index in [0.717, 1.165) is 5.30 Å². The van der Waals surface area contributed by atoms with Gasteiger partial charge in [0.05, 0.1) is 14.2 Å². The van der Waals surface area contributed by atoms with Crippen molar-refractivity contribution in [2.24, 2.45) is 0 Å². The van der Waals surface area contributed by atoms with Crippen LogP contribution in [0.25, 0.3) is 0 Å². The molecule has 1 aromatic rings. The third-order valence-corrected chi connectivity index (χ3v) is 2.00. The van der Waals surface area contributed by atoms with Crippen LogP contribution in [-0.4, -0.2) is 19.3 Å². The zero-order valence-electron chi connectivity index (χ0n) is 7.00. The predicted octanol–water partition coefficient (Wildman–Crippen LogP) is 0.910. The number of methoxy groups -OCH3 is 2. The van der Waals surface area contributed by atoms with Crippen LogP contribution in [0.15, 0.2) is 12.1 Å². The number of aromatic hydroxyl groups is 1. The lowest BCUT2D eigenvalue weighted by molar-refractivity contribution is 0.342. The van der Waals surface area contributed by atoms with Gasteiger partial charge in [0.1, 0.15) is 0 Å². The first-order valence-electron chi connectivity index (χ1n) is 3.40. The van der Waals surface area contributed by atoms with Crippen molar-refractivity contribution in [3.05, 3.63) is 12.1 Å². The summed E-state index contributed by atoms with van der Waals surface area (Å²) < 4.78 is 9.87. The smallest absolute Gasteiger partial charge is 0.201 e. The lowest BCUT2D eigenvalue weighted by Crippen LogP contribution is -1.99. The molecular formula is C8H11O3P. The van der Waals surface area contributed by atoms with E-state index in [1.54, 1.807) is 12.1 Å². The maximum Gasteiger partial charge on any atom is 0.201 e. The van der Waals surface area contributed by atoms with Gasteiger partial charge in [0, 0.05) is 5.30 Å². The van der Waals surface area contributed by atoms with E-state index in [1.807, 2.05) is 0 Å². The second-order valence-corrected chi connectivity index (χ2v) is 2.86. The van der Waals surface area contributed by atoms with Crippen molar-refractivity contribution in [3.8, 4) is 17.2 Å². The van der Waals surface area contributed by atoms with Crippen molar-refractivity contribution < 1.29 is 14.6 Å². The molecule has 1 aromatic carbocycles. The van der Waals surface area contributed by atoms with Gasteiger partial charge in [0.25, 0.3) is 0 Å². The molecule has 1 unspecified atom stereocenters. The molecule has 0 aromatic heterocycles. The lowest BCUT2D eigenvalue weighted by atomic mass is 10.3. The van der Waals surface area contributed by atoms with E-state index in [-0.39, 0.29) is 5.75 Å². The molecule has 0 radical (unpaired) electrons. The van der Waals surface area contributed by atoms with Crippen LogP contribution in [0.2, 0.25) is 0 Å². The number of ether oxygens (including phenoxy) is 2. The summed E-state index contributed by atoms with van der Waals surface area (Å²) in [5, 5.41) is 10.3. The molecule has 4 heteroatoms. The molecule has 0 heterocycles. The SMILES string of the molecule is COc1ccc(P)c(OC)c1O. The highest BCUT2D eigenvalue weighted by Crippen LogP contribution is 2.34. The van der Waals surface area contributed by atoms with Gasteiger partial charge in [-0.3, -0.25) is 0 Å². The van der Waals surface area contributed by atoms with Crippen molar-refractivity contribution in [3.63, 3.8) is 0 Å². The Morgan fingerprint density at radius 1 is 1.25 bits per heavy atom. The van der Waals surface area contributed by atoms with Crippen molar-refractivity contribution in [1.29, 1.82) is 0 Å². The fourth-order valence-corrected chi connectivity index (χ4v) is 1.30. The summed E-state index contributed by atoms with van der Waals surface area (Å²) in [6.45, 7) is 0. The summed E-state index contributed by atoms with van der Waals surface area (Å²) in [7, 11) is 5.47. The summed E-state index contributed by atoms with van der Waals surface area (Å²) in [5.41, 5.74) is 0. The number of phenolic OH excluding ortho intramolecular Hbond substituents is 1. The normalized spacial score (nSPS) is 9.58. The van der Waals surface area contributed by atoms with Crippen molar-refractivity contribution in [2.75, 3.05) is 14.2 Å². The zero-order valence-corrected chi connectivity index (χ0v) is 8.15. The molecule has 0 spiro atoms. The van der Waals surface area contributed by atoms with Crippen LogP contribution in [0.1, 0.15) is 0 Å². The van der Waals surface area contributed by atoms with Gasteiger partial charge in [-0.2, -0.15) is 0 Å². The number of benzene rings is 1. The standard InChI is InChI=1S/C8H11O3P/c1-10-5-3-4-6(12)8(11-2)7(5)9/h3-4,9H,12H2,1-2H3. The van der Waals surface area contributed by atoms with Crippen molar-refractivity contribution in [2.45, 2.75) is 0 Å². The number of hydrogen-bond donors (Lipinski definition) is 1. The van der Waals surface area contributed by atoms with Crippen LogP contribution in [-0.2, 0) is 0 Å². The molecule has 0 amide bonds. The Morgan fingerprint density at radius 2 is 1.92 bits per heavy atom. The Balaban J connectivity index is 3.24. The van der Waals surface area contributed by atoms with E-state index in [4.69, 9.17) is 9.47 Å². The Bertz CT molecular complexity index is 286. The molecule has 1 N–H and O–H groups in total. The van der Waals surface area contributed by atoms with Crippen LogP contribution in [0.3, 0.4) is 0 Å². The molecular weight excluding hydrogens is 175 g/mol. The molecule has 0 aliphatic heterocycles. The van der Waals surface area contributed by atoms with Gasteiger partial charge in [0.15, 0.2) is 11.5 Å². The molecule has 1 rings (SSSR count). The topological polar surface area (TPSA) is 38.7 Å². The highest BCUT2D eigenvalue weighted by Gasteiger charge is 2.10. The minimum atomic E-state index is 0.0347. The highest BCUT2D eigenvalue weighted by molar-refractivity contribution is 7.27. The Kier molecular flexibility index (Phi) is 2.77. The minimum absolute atomic E-state index is 0.0347. The van der Waals surface area contributed by atoms with Crippen LogP contribution in [0.4, 0.5) is 0 Å². The number of phenols is 1. The summed E-state index contributed by atoms with van der Waals surface area (Å²) in [5.74, 6) is 0.880. The third-order valence-electron chi connectivity index (χ3n) is 1.55. The number of hydrogen-bond acceptors (Lipinski definition) is 3. The summed E-state index contributed by atoms with van der Waals surface area (Å²) in [4.78, 5) is 0. The Labute approximate surface area is 73.5 Å².